The SMILES string of the molecule is NCCNC(=O)NCCCCNC(=O)NCc1ccc(CNC(=O)[C@@H](CCCN=C(N)N)NC(=O)C(c2ccccc2)c2ccccc2)cc1.O=C(O)C(F)(F)F. The van der Waals surface area contributed by atoms with Crippen LogP contribution >= 0.6 is 0 Å². The molecule has 0 aliphatic rings. The summed E-state index contributed by atoms with van der Waals surface area (Å²) in [5, 5.41) is 24.0. The zero-order valence-electron chi connectivity index (χ0n) is 31.3. The number of aliphatic imine (C=N–C) groups is 1. The molecule has 3 rings (SSSR count). The maximum Gasteiger partial charge on any atom is 0.490 e. The van der Waals surface area contributed by atoms with Crippen LogP contribution in [-0.2, 0) is 27.5 Å². The first-order chi connectivity index (χ1) is 27.2. The molecule has 19 heteroatoms. The number of carboxylic acids is 1. The average molecular weight is 801 g/mol. The van der Waals surface area contributed by atoms with E-state index < -0.39 is 24.1 Å². The van der Waals surface area contributed by atoms with Crippen molar-refractivity contribution in [3.8, 4) is 0 Å². The number of aliphatic carboxylic acids is 1. The molecule has 13 N–H and O–H groups in total. The van der Waals surface area contributed by atoms with E-state index in [0.717, 1.165) is 28.7 Å². The second-order valence-corrected chi connectivity index (χ2v) is 12.4. The summed E-state index contributed by atoms with van der Waals surface area (Å²) in [4.78, 5) is 63.8. The third-order valence-corrected chi connectivity index (χ3v) is 7.90. The van der Waals surface area contributed by atoms with Crippen LogP contribution in [0.5, 0.6) is 0 Å². The van der Waals surface area contributed by atoms with Crippen LogP contribution in [-0.4, -0.2) is 85.9 Å². The Balaban J connectivity index is 0.00000146. The number of nitrogens with two attached hydrogens (primary N) is 3. The fourth-order valence-electron chi connectivity index (χ4n) is 5.05. The van der Waals surface area contributed by atoms with Gasteiger partial charge in [0.2, 0.25) is 11.8 Å². The monoisotopic (exact) mass is 800 g/mol. The van der Waals surface area contributed by atoms with Gasteiger partial charge in [-0.1, -0.05) is 84.9 Å². The molecule has 0 saturated carbocycles. The lowest BCUT2D eigenvalue weighted by molar-refractivity contribution is -0.192. The highest BCUT2D eigenvalue weighted by Crippen LogP contribution is 2.25. The molecule has 310 valence electrons. The molecular formula is C38H51F3N10O6. The molecule has 1 atom stereocenters. The number of carbonyl (C=O) groups excluding carboxylic acids is 4. The lowest BCUT2D eigenvalue weighted by Crippen LogP contribution is -2.48. The molecule has 3 aromatic rings. The van der Waals surface area contributed by atoms with E-state index in [1.165, 1.54) is 0 Å². The molecule has 0 fully saturated rings. The highest BCUT2D eigenvalue weighted by Gasteiger charge is 2.38. The summed E-state index contributed by atoms with van der Waals surface area (Å²) in [5.41, 5.74) is 19.7. The summed E-state index contributed by atoms with van der Waals surface area (Å²) in [7, 11) is 0. The van der Waals surface area contributed by atoms with E-state index in [1.54, 1.807) is 0 Å². The maximum absolute atomic E-state index is 13.8. The number of guanidine groups is 1. The number of carbonyl (C=O) groups is 5. The van der Waals surface area contributed by atoms with Crippen LogP contribution < -0.4 is 49.1 Å². The fourth-order valence-corrected chi connectivity index (χ4v) is 5.05. The van der Waals surface area contributed by atoms with Crippen molar-refractivity contribution in [1.29, 1.82) is 0 Å². The molecule has 0 spiro atoms. The van der Waals surface area contributed by atoms with Gasteiger partial charge in [0.15, 0.2) is 5.96 Å². The summed E-state index contributed by atoms with van der Waals surface area (Å²) in [6.07, 6.45) is -2.83. The lowest BCUT2D eigenvalue weighted by Gasteiger charge is -2.23. The van der Waals surface area contributed by atoms with Gasteiger partial charge in [-0.05, 0) is 47.9 Å². The van der Waals surface area contributed by atoms with Gasteiger partial charge in [0, 0.05) is 45.8 Å². The molecule has 6 amide bonds. The van der Waals surface area contributed by atoms with E-state index in [2.05, 4.69) is 36.9 Å². The van der Waals surface area contributed by atoms with Gasteiger partial charge in [0.05, 0.1) is 5.92 Å². The Hall–Kier alpha value is -6.37. The summed E-state index contributed by atoms with van der Waals surface area (Å²) in [6.45, 7) is 2.69. The van der Waals surface area contributed by atoms with Crippen molar-refractivity contribution in [2.75, 3.05) is 32.7 Å². The van der Waals surface area contributed by atoms with Crippen molar-refractivity contribution in [2.45, 2.75) is 56.9 Å². The number of amides is 6. The topological polar surface area (TPSA) is 268 Å². The smallest absolute Gasteiger partial charge is 0.475 e. The van der Waals surface area contributed by atoms with Crippen LogP contribution in [0, 0.1) is 0 Å². The minimum atomic E-state index is -5.08. The maximum atomic E-state index is 13.8. The molecular weight excluding hydrogens is 749 g/mol. The molecule has 0 unspecified atom stereocenters. The van der Waals surface area contributed by atoms with E-state index in [1.807, 2.05) is 84.9 Å². The number of alkyl halides is 3. The van der Waals surface area contributed by atoms with Crippen LogP contribution in [0.25, 0.3) is 0 Å². The van der Waals surface area contributed by atoms with E-state index in [-0.39, 0.29) is 36.4 Å². The highest BCUT2D eigenvalue weighted by atomic mass is 19.4. The molecule has 0 aliphatic heterocycles. The van der Waals surface area contributed by atoms with Crippen LogP contribution in [0.1, 0.15) is 53.9 Å². The molecule has 0 saturated heterocycles. The molecule has 0 radical (unpaired) electrons. The zero-order chi connectivity index (χ0) is 42.1. The Labute approximate surface area is 328 Å². The molecule has 0 aliphatic carbocycles. The number of hydrogen-bond donors (Lipinski definition) is 10. The number of urea groups is 2. The number of nitrogens with zero attached hydrogens (tertiary/aromatic N) is 1. The van der Waals surface area contributed by atoms with E-state index in [9.17, 15) is 32.3 Å². The van der Waals surface area contributed by atoms with E-state index in [4.69, 9.17) is 27.1 Å². The van der Waals surface area contributed by atoms with Gasteiger partial charge in [-0.2, -0.15) is 13.2 Å². The summed E-state index contributed by atoms with van der Waals surface area (Å²) in [6, 6.07) is 25.0. The molecule has 0 aromatic heterocycles. The van der Waals surface area contributed by atoms with Crippen LogP contribution in [0.3, 0.4) is 0 Å². The Kier molecular flexibility index (Phi) is 21.1. The molecule has 0 heterocycles. The first-order valence-electron chi connectivity index (χ1n) is 18.1. The third-order valence-electron chi connectivity index (χ3n) is 7.90. The number of carboxylic acid groups (broad SMARTS) is 1. The van der Waals surface area contributed by atoms with E-state index in [0.29, 0.717) is 58.5 Å². The Morgan fingerprint density at radius 1 is 0.649 bits per heavy atom. The first kappa shape index (κ1) is 46.8. The van der Waals surface area contributed by atoms with Crippen molar-refractivity contribution in [3.63, 3.8) is 0 Å². The summed E-state index contributed by atoms with van der Waals surface area (Å²) < 4.78 is 31.7. The number of rotatable bonds is 20. The van der Waals surface area contributed by atoms with Crippen molar-refractivity contribution in [2.24, 2.45) is 22.2 Å². The summed E-state index contributed by atoms with van der Waals surface area (Å²) >= 11 is 0. The van der Waals surface area contributed by atoms with Gasteiger partial charge in [-0.3, -0.25) is 14.6 Å². The Morgan fingerprint density at radius 2 is 1.11 bits per heavy atom. The predicted molar refractivity (Wildman–Crippen MR) is 208 cm³/mol. The third kappa shape index (κ3) is 19.7. The Bertz CT molecular complexity index is 1670. The lowest BCUT2D eigenvalue weighted by atomic mass is 9.90. The average Bonchev–Trinajstić information content (AvgIpc) is 3.18. The molecule has 57 heavy (non-hydrogen) atoms. The highest BCUT2D eigenvalue weighted by molar-refractivity contribution is 5.92. The summed E-state index contributed by atoms with van der Waals surface area (Å²) in [5.74, 6) is -4.00. The number of nitrogens with one attached hydrogen (secondary N) is 6. The van der Waals surface area contributed by atoms with Gasteiger partial charge in [-0.15, -0.1) is 0 Å². The second kappa shape index (κ2) is 25.7. The van der Waals surface area contributed by atoms with Crippen LogP contribution in [0.15, 0.2) is 89.9 Å². The minimum absolute atomic E-state index is 0.0334. The first-order valence-corrected chi connectivity index (χ1v) is 18.1. The van der Waals surface area contributed by atoms with Gasteiger partial charge in [0.1, 0.15) is 6.04 Å². The van der Waals surface area contributed by atoms with Crippen molar-refractivity contribution >= 4 is 35.8 Å². The number of unbranched alkanes of at least 4 members (excludes halogenated alkanes) is 1. The molecule has 16 nitrogen and oxygen atoms in total. The van der Waals surface area contributed by atoms with E-state index >= 15 is 0 Å². The molecule has 3 aromatic carbocycles. The van der Waals surface area contributed by atoms with Crippen molar-refractivity contribution < 1.29 is 42.3 Å². The van der Waals surface area contributed by atoms with Crippen molar-refractivity contribution in [3.05, 3.63) is 107 Å². The van der Waals surface area contributed by atoms with Crippen LogP contribution in [0.4, 0.5) is 22.8 Å². The van der Waals surface area contributed by atoms with Crippen molar-refractivity contribution in [1.82, 2.24) is 31.9 Å². The zero-order valence-corrected chi connectivity index (χ0v) is 31.3. The van der Waals surface area contributed by atoms with Gasteiger partial charge in [0.25, 0.3) is 0 Å². The van der Waals surface area contributed by atoms with Gasteiger partial charge >= 0.3 is 24.2 Å². The number of halogens is 3. The van der Waals surface area contributed by atoms with Gasteiger partial charge in [-0.25, -0.2) is 14.4 Å². The quantitative estimate of drug-likeness (QED) is 0.0455. The second-order valence-electron chi connectivity index (χ2n) is 12.4. The van der Waals surface area contributed by atoms with Gasteiger partial charge < -0.3 is 54.2 Å². The standard InChI is InChI=1S/C36H50N10O4.C2HF3O2/c37-19-23-43-35(49)41-20-7-8-21-42-36(50)45-25-27-17-15-26(16-18-27)24-44-32(47)30(14-9-22-40-34(38)39)46-33(48)31(28-10-3-1-4-11-28)29-12-5-2-6-13-29;3-2(4,5)1(6)7/h1-6,10-13,15-18,30-31H,7-9,14,19-25,37H2,(H,44,47)(H,46,48)(H4,38,39,40)(H2,41,43,49)(H2,42,45,50);(H,6,7)/t30-;/m1./s1. The molecule has 0 bridgehead atoms. The fraction of sp³-hybridized carbons (Fsp3) is 0.368. The van der Waals surface area contributed by atoms with Crippen LogP contribution in [0.2, 0.25) is 0 Å². The minimum Gasteiger partial charge on any atom is -0.475 e. The predicted octanol–water partition coefficient (Wildman–Crippen LogP) is 2.14. The number of hydrogen-bond acceptors (Lipinski definition) is 7. The largest absolute Gasteiger partial charge is 0.490 e. The Morgan fingerprint density at radius 3 is 1.56 bits per heavy atom. The normalized spacial score (nSPS) is 11.2. The number of benzene rings is 3.